The second kappa shape index (κ2) is 7.66. The molecule has 2 N–H and O–H groups in total. The molecule has 0 aliphatic rings. The molecule has 1 aromatic heterocycles. The van der Waals surface area contributed by atoms with Crippen molar-refractivity contribution in [1.29, 1.82) is 0 Å². The number of hydrogen-bond donors (Lipinski definition) is 2. The Bertz CT molecular complexity index is 761. The number of hydrogen-bond acceptors (Lipinski definition) is 6. The van der Waals surface area contributed by atoms with Crippen molar-refractivity contribution in [3.8, 4) is 0 Å². The van der Waals surface area contributed by atoms with E-state index in [9.17, 15) is 26.7 Å². The number of halogens is 3. The number of benzene rings is 1. The lowest BCUT2D eigenvalue weighted by Gasteiger charge is -2.14. The van der Waals surface area contributed by atoms with Gasteiger partial charge >= 0.3 is 6.18 Å². The van der Waals surface area contributed by atoms with Gasteiger partial charge in [-0.3, -0.25) is 9.00 Å². The number of amides is 1. The first kappa shape index (κ1) is 18.9. The summed E-state index contributed by atoms with van der Waals surface area (Å²) >= 11 is -2.38. The summed E-state index contributed by atoms with van der Waals surface area (Å²) in [7, 11) is 0. The summed E-state index contributed by atoms with van der Waals surface area (Å²) in [5.41, 5.74) is -0.136. The Morgan fingerprint density at radius 3 is 2.52 bits per heavy atom. The highest BCUT2D eigenvalue weighted by Gasteiger charge is 2.34. The SMILES string of the molecule is CC(C(=O)NCS(=O)[O-])c1ccc(Nc2nc(C(F)(F)F)co2)cc1. The maximum atomic E-state index is 12.4. The Kier molecular flexibility index (Phi) is 5.80. The average Bonchev–Trinajstić information content (AvgIpc) is 3.01. The van der Waals surface area contributed by atoms with Crippen molar-refractivity contribution in [3.05, 3.63) is 41.8 Å². The molecule has 0 saturated carbocycles. The van der Waals surface area contributed by atoms with Gasteiger partial charge in [-0.2, -0.15) is 18.2 Å². The van der Waals surface area contributed by atoms with E-state index in [4.69, 9.17) is 4.42 Å². The van der Waals surface area contributed by atoms with E-state index in [1.165, 1.54) is 12.1 Å². The Morgan fingerprint density at radius 2 is 2.00 bits per heavy atom. The maximum Gasteiger partial charge on any atom is 0.436 e. The van der Waals surface area contributed by atoms with E-state index < -0.39 is 40.7 Å². The Morgan fingerprint density at radius 1 is 1.36 bits per heavy atom. The van der Waals surface area contributed by atoms with Crippen molar-refractivity contribution in [2.24, 2.45) is 0 Å². The zero-order valence-corrected chi connectivity index (χ0v) is 13.6. The molecule has 0 fully saturated rings. The van der Waals surface area contributed by atoms with Gasteiger partial charge in [0, 0.05) is 5.69 Å². The number of nitrogens with one attached hydrogen (secondary N) is 2. The minimum absolute atomic E-state index is 0.316. The summed E-state index contributed by atoms with van der Waals surface area (Å²) in [5, 5.41) is 4.82. The molecular formula is C14H13F3N3O4S-. The van der Waals surface area contributed by atoms with Crippen LogP contribution in [0.15, 0.2) is 34.9 Å². The highest BCUT2D eigenvalue weighted by atomic mass is 32.2. The van der Waals surface area contributed by atoms with E-state index in [-0.39, 0.29) is 6.01 Å². The van der Waals surface area contributed by atoms with E-state index in [1.807, 2.05) is 0 Å². The number of nitrogens with zero attached hydrogens (tertiary/aromatic N) is 1. The summed E-state index contributed by atoms with van der Waals surface area (Å²) in [6.07, 6.45) is -4.09. The quantitative estimate of drug-likeness (QED) is 0.750. The lowest BCUT2D eigenvalue weighted by Crippen LogP contribution is -2.30. The fourth-order valence-corrected chi connectivity index (χ4v) is 2.13. The van der Waals surface area contributed by atoms with E-state index >= 15 is 0 Å². The van der Waals surface area contributed by atoms with Gasteiger partial charge in [0.1, 0.15) is 6.26 Å². The predicted octanol–water partition coefficient (Wildman–Crippen LogP) is 2.49. The highest BCUT2D eigenvalue weighted by Crippen LogP contribution is 2.30. The predicted molar refractivity (Wildman–Crippen MR) is 81.6 cm³/mol. The Labute approximate surface area is 142 Å². The molecule has 2 rings (SSSR count). The normalized spacial score (nSPS) is 14.0. The summed E-state index contributed by atoms with van der Waals surface area (Å²) in [6, 6.07) is 5.90. The molecule has 2 atom stereocenters. The molecule has 1 heterocycles. The lowest BCUT2D eigenvalue weighted by atomic mass is 10.0. The summed E-state index contributed by atoms with van der Waals surface area (Å²) in [4.78, 5) is 15.1. The Balaban J connectivity index is 2.01. The van der Waals surface area contributed by atoms with Gasteiger partial charge in [0.25, 0.3) is 6.01 Å². The number of oxazole rings is 1. The van der Waals surface area contributed by atoms with Crippen LogP contribution in [0.4, 0.5) is 24.9 Å². The van der Waals surface area contributed by atoms with Crippen LogP contribution >= 0.6 is 0 Å². The van der Waals surface area contributed by atoms with Crippen molar-refractivity contribution < 1.29 is 31.1 Å². The van der Waals surface area contributed by atoms with Gasteiger partial charge in [-0.25, -0.2) is 0 Å². The number of carbonyl (C=O) groups excluding carboxylic acids is 1. The molecule has 25 heavy (non-hydrogen) atoms. The first-order chi connectivity index (χ1) is 11.7. The van der Waals surface area contributed by atoms with Crippen molar-refractivity contribution in [1.82, 2.24) is 10.3 Å². The fraction of sp³-hybridized carbons (Fsp3) is 0.286. The largest absolute Gasteiger partial charge is 0.771 e. The smallest absolute Gasteiger partial charge is 0.436 e. The molecule has 11 heteroatoms. The molecule has 0 spiro atoms. The molecule has 2 unspecified atom stereocenters. The molecule has 7 nitrogen and oxygen atoms in total. The minimum Gasteiger partial charge on any atom is -0.771 e. The van der Waals surface area contributed by atoms with Gasteiger partial charge in [0.2, 0.25) is 5.91 Å². The molecule has 0 bridgehead atoms. The van der Waals surface area contributed by atoms with E-state index in [0.29, 0.717) is 17.5 Å². The van der Waals surface area contributed by atoms with Gasteiger partial charge in [-0.1, -0.05) is 12.1 Å². The van der Waals surface area contributed by atoms with Crippen molar-refractivity contribution in [2.75, 3.05) is 11.2 Å². The number of carbonyl (C=O) groups is 1. The zero-order valence-electron chi connectivity index (χ0n) is 12.8. The highest BCUT2D eigenvalue weighted by molar-refractivity contribution is 7.79. The van der Waals surface area contributed by atoms with E-state index in [0.717, 1.165) is 0 Å². The number of alkyl halides is 3. The van der Waals surface area contributed by atoms with E-state index in [1.54, 1.807) is 19.1 Å². The van der Waals surface area contributed by atoms with Crippen molar-refractivity contribution in [2.45, 2.75) is 19.0 Å². The van der Waals surface area contributed by atoms with Crippen LogP contribution in [0.3, 0.4) is 0 Å². The van der Waals surface area contributed by atoms with Crippen LogP contribution in [0.2, 0.25) is 0 Å². The lowest BCUT2D eigenvalue weighted by molar-refractivity contribution is -0.141. The molecule has 136 valence electrons. The van der Waals surface area contributed by atoms with Gasteiger partial charge in [-0.15, -0.1) is 0 Å². The third kappa shape index (κ3) is 5.29. The monoisotopic (exact) mass is 376 g/mol. The summed E-state index contributed by atoms with van der Waals surface area (Å²) in [6.45, 7) is 1.59. The Hall–Kier alpha value is -2.40. The van der Waals surface area contributed by atoms with Crippen LogP contribution in [0.1, 0.15) is 24.1 Å². The maximum absolute atomic E-state index is 12.4. The molecule has 1 aromatic carbocycles. The van der Waals surface area contributed by atoms with Gasteiger partial charge in [0.05, 0.1) is 11.8 Å². The molecule has 0 aliphatic carbocycles. The van der Waals surface area contributed by atoms with Gasteiger partial charge in [0.15, 0.2) is 5.69 Å². The summed E-state index contributed by atoms with van der Waals surface area (Å²) < 4.78 is 62.9. The minimum atomic E-state index is -4.59. The van der Waals surface area contributed by atoms with Crippen molar-refractivity contribution >= 4 is 28.7 Å². The number of aromatic nitrogens is 1. The number of rotatable bonds is 6. The average molecular weight is 376 g/mol. The summed E-state index contributed by atoms with van der Waals surface area (Å²) in [5.74, 6) is -1.54. The standard InChI is InChI=1S/C14H14F3N3O4S/c1-8(12(21)18-7-25(22)23)9-2-4-10(5-3-9)19-13-20-11(6-24-13)14(15,16)17/h2-6,8H,7H2,1H3,(H,18,21)(H,19,20)(H,22,23)/p-1. The van der Waals surface area contributed by atoms with Crippen LogP contribution in [0.5, 0.6) is 0 Å². The van der Waals surface area contributed by atoms with Crippen LogP contribution in [-0.2, 0) is 22.1 Å². The van der Waals surface area contributed by atoms with Crippen LogP contribution < -0.4 is 10.6 Å². The third-order valence-electron chi connectivity index (χ3n) is 3.21. The molecule has 2 aromatic rings. The zero-order chi connectivity index (χ0) is 18.6. The first-order valence-corrected chi connectivity index (χ1v) is 8.14. The molecule has 1 amide bonds. The molecule has 0 radical (unpaired) electrons. The molecule has 0 aliphatic heterocycles. The van der Waals surface area contributed by atoms with Crippen LogP contribution in [0, 0.1) is 0 Å². The van der Waals surface area contributed by atoms with Gasteiger partial charge in [-0.05, 0) is 35.7 Å². The first-order valence-electron chi connectivity index (χ1n) is 6.90. The van der Waals surface area contributed by atoms with Crippen molar-refractivity contribution in [3.63, 3.8) is 0 Å². The van der Waals surface area contributed by atoms with Gasteiger partial charge < -0.3 is 19.6 Å². The second-order valence-corrected chi connectivity index (χ2v) is 5.89. The second-order valence-electron chi connectivity index (χ2n) is 4.99. The topological polar surface area (TPSA) is 107 Å². The number of anilines is 2. The molecule has 0 saturated heterocycles. The third-order valence-corrected chi connectivity index (χ3v) is 3.59. The fourth-order valence-electron chi connectivity index (χ4n) is 1.87. The van der Waals surface area contributed by atoms with E-state index in [2.05, 4.69) is 15.6 Å². The van der Waals surface area contributed by atoms with Crippen LogP contribution in [-0.4, -0.2) is 25.5 Å². The molecular weight excluding hydrogens is 363 g/mol. The van der Waals surface area contributed by atoms with Crippen LogP contribution in [0.25, 0.3) is 0 Å².